The molecule has 0 fully saturated rings. The van der Waals surface area contributed by atoms with Crippen LogP contribution in [0.1, 0.15) is 23.6 Å². The van der Waals surface area contributed by atoms with Gasteiger partial charge < -0.3 is 10.1 Å². The van der Waals surface area contributed by atoms with Gasteiger partial charge in [0.25, 0.3) is 5.91 Å². The Bertz CT molecular complexity index is 1350. The van der Waals surface area contributed by atoms with Gasteiger partial charge in [0.15, 0.2) is 0 Å². The van der Waals surface area contributed by atoms with Crippen LogP contribution >= 0.6 is 0 Å². The average Bonchev–Trinajstić information content (AvgIpc) is 3.31. The minimum absolute atomic E-state index is 0.0210. The van der Waals surface area contributed by atoms with Gasteiger partial charge in [-0.3, -0.25) is 24.0 Å². The van der Waals surface area contributed by atoms with Crippen LogP contribution in [0, 0.1) is 6.92 Å². The van der Waals surface area contributed by atoms with E-state index in [9.17, 15) is 9.59 Å². The molecule has 0 bridgehead atoms. The van der Waals surface area contributed by atoms with Crippen LogP contribution in [0.4, 0.5) is 11.6 Å². The Balaban J connectivity index is 1.47. The third kappa shape index (κ3) is 3.80. The topological polar surface area (TPSA) is 89.3 Å². The van der Waals surface area contributed by atoms with Crippen molar-refractivity contribution in [3.8, 4) is 5.75 Å². The van der Waals surface area contributed by atoms with Crippen molar-refractivity contribution < 1.29 is 14.3 Å². The maximum absolute atomic E-state index is 13.5. The first-order valence-corrected chi connectivity index (χ1v) is 10.7. The largest absolute Gasteiger partial charge is 0.495 e. The molecule has 8 nitrogen and oxygen atoms in total. The molecule has 2 amide bonds. The Morgan fingerprint density at radius 1 is 1.15 bits per heavy atom. The molecule has 1 atom stereocenters. The molecule has 0 spiro atoms. The van der Waals surface area contributed by atoms with Gasteiger partial charge in [-0.25, -0.2) is 4.98 Å². The quantitative estimate of drug-likeness (QED) is 0.491. The molecule has 1 aliphatic heterocycles. The number of imidazole rings is 1. The first kappa shape index (κ1) is 20.7. The number of carbonyl (C=O) groups is 2. The van der Waals surface area contributed by atoms with Crippen molar-refractivity contribution in [3.05, 3.63) is 78.1 Å². The van der Waals surface area contributed by atoms with Crippen molar-refractivity contribution in [3.63, 3.8) is 0 Å². The number of benzene rings is 2. The van der Waals surface area contributed by atoms with E-state index in [1.54, 1.807) is 24.4 Å². The van der Waals surface area contributed by atoms with Crippen molar-refractivity contribution in [2.45, 2.75) is 25.9 Å². The smallest absolute Gasteiger partial charge is 0.253 e. The Morgan fingerprint density at radius 2 is 2.00 bits per heavy atom. The van der Waals surface area contributed by atoms with Crippen LogP contribution in [-0.4, -0.2) is 33.5 Å². The lowest BCUT2D eigenvalue weighted by molar-refractivity contribution is -0.124. The summed E-state index contributed by atoms with van der Waals surface area (Å²) in [4.78, 5) is 37.0. The van der Waals surface area contributed by atoms with Gasteiger partial charge in [0.2, 0.25) is 11.9 Å². The number of hydrogen-bond donors (Lipinski definition) is 1. The molecule has 8 heteroatoms. The standard InChI is InChI=1S/C25H23N5O3/c1-16-9-10-22(33-2)19(12-16)27-23(31)13-21-24(32)29(15-17-6-5-11-26-14-17)25-28-18-7-3-4-8-20(18)30(21)25/h3-12,14,21H,13,15H2,1-2H3,(H,27,31)/t21-/m0/s1. The predicted molar refractivity (Wildman–Crippen MR) is 125 cm³/mol. The van der Waals surface area contributed by atoms with Gasteiger partial charge in [-0.05, 0) is 48.4 Å². The molecule has 1 N–H and O–H groups in total. The molecule has 0 aliphatic carbocycles. The second-order valence-electron chi connectivity index (χ2n) is 8.03. The number of nitrogens with one attached hydrogen (secondary N) is 1. The van der Waals surface area contributed by atoms with Gasteiger partial charge in [-0.1, -0.05) is 24.3 Å². The van der Waals surface area contributed by atoms with E-state index in [0.29, 0.717) is 23.9 Å². The van der Waals surface area contributed by atoms with Crippen LogP contribution in [0.3, 0.4) is 0 Å². The van der Waals surface area contributed by atoms with Crippen molar-refractivity contribution in [1.82, 2.24) is 14.5 Å². The third-order valence-electron chi connectivity index (χ3n) is 5.75. The highest BCUT2D eigenvalue weighted by molar-refractivity contribution is 6.05. The number of fused-ring (bicyclic) bond motifs is 3. The van der Waals surface area contributed by atoms with E-state index in [4.69, 9.17) is 9.72 Å². The van der Waals surface area contributed by atoms with E-state index < -0.39 is 6.04 Å². The first-order valence-electron chi connectivity index (χ1n) is 10.7. The number of hydrogen-bond acceptors (Lipinski definition) is 5. The molecule has 4 aromatic rings. The first-order chi connectivity index (χ1) is 16.0. The zero-order chi connectivity index (χ0) is 22.9. The molecule has 0 radical (unpaired) electrons. The summed E-state index contributed by atoms with van der Waals surface area (Å²) in [5, 5.41) is 2.91. The minimum atomic E-state index is -0.695. The molecule has 166 valence electrons. The third-order valence-corrected chi connectivity index (χ3v) is 5.75. The Labute approximate surface area is 190 Å². The number of nitrogens with zero attached hydrogens (tertiary/aromatic N) is 4. The van der Waals surface area contributed by atoms with Crippen molar-refractivity contribution in [1.29, 1.82) is 0 Å². The molecule has 2 aromatic carbocycles. The molecule has 0 saturated heterocycles. The Hall–Kier alpha value is -4.20. The summed E-state index contributed by atoms with van der Waals surface area (Å²) >= 11 is 0. The number of para-hydroxylation sites is 2. The van der Waals surface area contributed by atoms with Gasteiger partial charge in [0, 0.05) is 12.4 Å². The van der Waals surface area contributed by atoms with Crippen LogP contribution < -0.4 is 15.0 Å². The number of aryl methyl sites for hydroxylation is 1. The molecule has 0 unspecified atom stereocenters. The van der Waals surface area contributed by atoms with E-state index in [1.807, 2.05) is 66.1 Å². The Kier molecular flexibility index (Phi) is 5.26. The van der Waals surface area contributed by atoms with E-state index in [2.05, 4.69) is 10.3 Å². The molecular formula is C25H23N5O3. The molecule has 3 heterocycles. The number of rotatable bonds is 6. The highest BCUT2D eigenvalue weighted by Crippen LogP contribution is 2.37. The zero-order valence-electron chi connectivity index (χ0n) is 18.4. The predicted octanol–water partition coefficient (Wildman–Crippen LogP) is 3.87. The van der Waals surface area contributed by atoms with Crippen molar-refractivity contribution in [2.24, 2.45) is 0 Å². The second kappa shape index (κ2) is 8.38. The van der Waals surface area contributed by atoms with E-state index >= 15 is 0 Å². The van der Waals surface area contributed by atoms with Crippen molar-refractivity contribution in [2.75, 3.05) is 17.3 Å². The summed E-state index contributed by atoms with van der Waals surface area (Å²) in [5.41, 5.74) is 4.06. The summed E-state index contributed by atoms with van der Waals surface area (Å²) in [5.74, 6) is 0.664. The molecule has 33 heavy (non-hydrogen) atoms. The monoisotopic (exact) mass is 441 g/mol. The number of anilines is 2. The number of ether oxygens (including phenoxy) is 1. The van der Waals surface area contributed by atoms with Crippen LogP contribution in [0.2, 0.25) is 0 Å². The summed E-state index contributed by atoms with van der Waals surface area (Å²) in [6.07, 6.45) is 3.40. The highest BCUT2D eigenvalue weighted by Gasteiger charge is 2.41. The minimum Gasteiger partial charge on any atom is -0.495 e. The van der Waals surface area contributed by atoms with Crippen LogP contribution in [0.15, 0.2) is 67.0 Å². The lowest BCUT2D eigenvalue weighted by Gasteiger charge is -2.16. The van der Waals surface area contributed by atoms with E-state index in [1.165, 1.54) is 0 Å². The van der Waals surface area contributed by atoms with Gasteiger partial charge >= 0.3 is 0 Å². The van der Waals surface area contributed by atoms with Crippen LogP contribution in [0.5, 0.6) is 5.75 Å². The molecule has 5 rings (SSSR count). The second-order valence-corrected chi connectivity index (χ2v) is 8.03. The maximum Gasteiger partial charge on any atom is 0.253 e. The fraction of sp³-hybridized carbons (Fsp3) is 0.200. The fourth-order valence-electron chi connectivity index (χ4n) is 4.22. The number of carbonyl (C=O) groups excluding carboxylic acids is 2. The summed E-state index contributed by atoms with van der Waals surface area (Å²) in [6.45, 7) is 2.27. The highest BCUT2D eigenvalue weighted by atomic mass is 16.5. The van der Waals surface area contributed by atoms with Crippen LogP contribution in [-0.2, 0) is 16.1 Å². The van der Waals surface area contributed by atoms with E-state index in [-0.39, 0.29) is 18.2 Å². The van der Waals surface area contributed by atoms with Gasteiger partial charge in [0.1, 0.15) is 11.8 Å². The zero-order valence-corrected chi connectivity index (χ0v) is 18.4. The van der Waals surface area contributed by atoms with Crippen molar-refractivity contribution >= 4 is 34.5 Å². The number of amides is 2. The van der Waals surface area contributed by atoms with E-state index in [0.717, 1.165) is 22.2 Å². The molecular weight excluding hydrogens is 418 g/mol. The number of methoxy groups -OCH3 is 1. The van der Waals surface area contributed by atoms with Crippen LogP contribution in [0.25, 0.3) is 11.0 Å². The SMILES string of the molecule is COc1ccc(C)cc1NC(=O)C[C@H]1C(=O)N(Cc2cccnc2)c2nc3ccccc3n21. The summed E-state index contributed by atoms with van der Waals surface area (Å²) < 4.78 is 7.23. The Morgan fingerprint density at radius 3 is 2.79 bits per heavy atom. The molecule has 2 aromatic heterocycles. The fourth-order valence-corrected chi connectivity index (χ4v) is 4.22. The molecule has 0 saturated carbocycles. The summed E-state index contributed by atoms with van der Waals surface area (Å²) in [6, 6.07) is 16.3. The molecule has 1 aliphatic rings. The average molecular weight is 441 g/mol. The van der Waals surface area contributed by atoms with Gasteiger partial charge in [-0.2, -0.15) is 0 Å². The summed E-state index contributed by atoms with van der Waals surface area (Å²) in [7, 11) is 1.56. The number of aromatic nitrogens is 3. The van der Waals surface area contributed by atoms with Gasteiger partial charge in [0.05, 0.1) is 36.8 Å². The maximum atomic E-state index is 13.5. The number of pyridine rings is 1. The lowest BCUT2D eigenvalue weighted by Crippen LogP contribution is -2.31. The lowest BCUT2D eigenvalue weighted by atomic mass is 10.1. The normalized spacial score (nSPS) is 15.0. The van der Waals surface area contributed by atoms with Gasteiger partial charge in [-0.15, -0.1) is 0 Å².